The first kappa shape index (κ1) is 36.2. The van der Waals surface area contributed by atoms with E-state index in [2.05, 4.69) is 10.6 Å². The summed E-state index contributed by atoms with van der Waals surface area (Å²) in [5.74, 6) is -2.87. The first-order valence-electron chi connectivity index (χ1n) is 15.3. The predicted molar refractivity (Wildman–Crippen MR) is 174 cm³/mol. The number of carbonyl (C=O) groups excluding carboxylic acids is 3. The molecule has 4 atom stereocenters. The smallest absolute Gasteiger partial charge is 0.306 e. The van der Waals surface area contributed by atoms with Crippen LogP contribution in [0, 0.1) is 31.6 Å². The molecule has 0 spiro atoms. The van der Waals surface area contributed by atoms with E-state index < -0.39 is 35.8 Å². The van der Waals surface area contributed by atoms with Gasteiger partial charge in [-0.15, -0.1) is 0 Å². The molecule has 0 fully saturated rings. The molecule has 0 aliphatic heterocycles. The van der Waals surface area contributed by atoms with Gasteiger partial charge in [0.1, 0.15) is 11.8 Å². The largest absolute Gasteiger partial charge is 0.481 e. The number of aliphatic hydroxyl groups excluding tert-OH is 1. The number of aliphatic hydroxyl groups is 1. The van der Waals surface area contributed by atoms with Crippen molar-refractivity contribution in [1.82, 2.24) is 10.6 Å². The van der Waals surface area contributed by atoms with E-state index in [-0.39, 0.29) is 49.8 Å². The number of hydrogen-bond donors (Lipinski definition) is 4. The molecule has 0 saturated heterocycles. The quantitative estimate of drug-likeness (QED) is 0.173. The number of carboxylic acid groups (broad SMARTS) is 1. The lowest BCUT2D eigenvalue weighted by atomic mass is 9.92. The van der Waals surface area contributed by atoms with Crippen LogP contribution in [-0.4, -0.2) is 52.5 Å². The Morgan fingerprint density at radius 1 is 0.955 bits per heavy atom. The van der Waals surface area contributed by atoms with Gasteiger partial charge in [0.05, 0.1) is 12.0 Å². The standard InChI is InChI=1S/C36H48N2O6/c1-24(2)20-30(36(43)44)23-31(39)18-19-37-35(42)32(22-29-17-14-25(3)27(5)21-29)38-34(41)13-9-12-33(40)26(4)15-16-28-10-7-6-8-11-28/h6-11,13-17,21,24,26,30,32-33,40H,12,18-20,22-23H2,1-5H3,(H,37,42)(H,38,41)(H,43,44)/b13-9+,16-15+/t26-,30-,32-,33+/m1/s1. The van der Waals surface area contributed by atoms with E-state index in [1.54, 1.807) is 6.08 Å². The van der Waals surface area contributed by atoms with Crippen LogP contribution < -0.4 is 10.6 Å². The lowest BCUT2D eigenvalue weighted by Gasteiger charge is -2.19. The Morgan fingerprint density at radius 3 is 2.30 bits per heavy atom. The van der Waals surface area contributed by atoms with Crippen LogP contribution in [0.25, 0.3) is 6.08 Å². The van der Waals surface area contributed by atoms with E-state index in [1.807, 2.05) is 95.3 Å². The topological polar surface area (TPSA) is 133 Å². The molecule has 0 radical (unpaired) electrons. The molecule has 2 rings (SSSR count). The van der Waals surface area contributed by atoms with Gasteiger partial charge >= 0.3 is 5.97 Å². The SMILES string of the molecule is Cc1ccc(C[C@@H](NC(=O)/C=C/C[C@H](O)[C@H](C)/C=C/c2ccccc2)C(=O)NCCC(=O)C[C@@H](CC(C)C)C(=O)O)cc1C. The number of aryl methyl sites for hydroxylation is 2. The van der Waals surface area contributed by atoms with E-state index in [4.69, 9.17) is 0 Å². The summed E-state index contributed by atoms with van der Waals surface area (Å²) in [5, 5.41) is 25.4. The van der Waals surface area contributed by atoms with Gasteiger partial charge < -0.3 is 20.8 Å². The van der Waals surface area contributed by atoms with Crippen molar-refractivity contribution in [2.45, 2.75) is 78.9 Å². The fourth-order valence-electron chi connectivity index (χ4n) is 4.75. The number of aliphatic carboxylic acids is 1. The van der Waals surface area contributed by atoms with Crippen molar-refractivity contribution in [1.29, 1.82) is 0 Å². The Kier molecular flexibility index (Phi) is 15.3. The molecule has 8 nitrogen and oxygen atoms in total. The molecule has 0 aliphatic carbocycles. The number of ketones is 1. The van der Waals surface area contributed by atoms with Gasteiger partial charge in [-0.3, -0.25) is 19.2 Å². The molecule has 0 aliphatic rings. The number of amides is 2. The third-order valence-corrected chi connectivity index (χ3v) is 7.57. The highest BCUT2D eigenvalue weighted by Gasteiger charge is 2.24. The highest BCUT2D eigenvalue weighted by atomic mass is 16.4. The Labute approximate surface area is 261 Å². The third-order valence-electron chi connectivity index (χ3n) is 7.57. The number of hydrogen-bond acceptors (Lipinski definition) is 5. The molecular formula is C36H48N2O6. The lowest BCUT2D eigenvalue weighted by molar-refractivity contribution is -0.144. The van der Waals surface area contributed by atoms with Gasteiger partial charge in [-0.2, -0.15) is 0 Å². The Bertz CT molecular complexity index is 1300. The third kappa shape index (κ3) is 13.5. The number of nitrogens with one attached hydrogen (secondary N) is 2. The number of carbonyl (C=O) groups is 4. The zero-order chi connectivity index (χ0) is 32.6. The van der Waals surface area contributed by atoms with E-state index >= 15 is 0 Å². The molecule has 0 aromatic heterocycles. The minimum Gasteiger partial charge on any atom is -0.481 e. The van der Waals surface area contributed by atoms with Crippen molar-refractivity contribution in [3.63, 3.8) is 0 Å². The van der Waals surface area contributed by atoms with Gasteiger partial charge in [-0.05, 0) is 60.9 Å². The van der Waals surface area contributed by atoms with Crippen molar-refractivity contribution in [2.24, 2.45) is 17.8 Å². The number of benzene rings is 2. The van der Waals surface area contributed by atoms with Crippen LogP contribution in [0.4, 0.5) is 0 Å². The molecule has 2 amide bonds. The van der Waals surface area contributed by atoms with Crippen molar-refractivity contribution < 1.29 is 29.4 Å². The second-order valence-electron chi connectivity index (χ2n) is 12.0. The maximum Gasteiger partial charge on any atom is 0.306 e. The van der Waals surface area contributed by atoms with Gasteiger partial charge in [0.15, 0.2) is 0 Å². The van der Waals surface area contributed by atoms with E-state index in [0.29, 0.717) is 6.42 Å². The van der Waals surface area contributed by atoms with Crippen LogP contribution >= 0.6 is 0 Å². The first-order chi connectivity index (χ1) is 20.8. The maximum atomic E-state index is 13.1. The fraction of sp³-hybridized carbons (Fsp3) is 0.444. The zero-order valence-electron chi connectivity index (χ0n) is 26.6. The zero-order valence-corrected chi connectivity index (χ0v) is 26.6. The first-order valence-corrected chi connectivity index (χ1v) is 15.3. The summed E-state index contributed by atoms with van der Waals surface area (Å²) in [6.45, 7) is 9.74. The molecule has 0 heterocycles. The minimum atomic E-state index is -0.995. The molecule has 8 heteroatoms. The van der Waals surface area contributed by atoms with Gasteiger partial charge in [-0.1, -0.05) is 87.5 Å². The Balaban J connectivity index is 1.98. The predicted octanol–water partition coefficient (Wildman–Crippen LogP) is 5.20. The molecule has 4 N–H and O–H groups in total. The summed E-state index contributed by atoms with van der Waals surface area (Å²) in [6.07, 6.45) is 6.94. The molecule has 2 aromatic rings. The van der Waals surface area contributed by atoms with Crippen LogP contribution in [0.5, 0.6) is 0 Å². The van der Waals surface area contributed by atoms with E-state index in [9.17, 15) is 29.4 Å². The maximum absolute atomic E-state index is 13.1. The average molecular weight is 605 g/mol. The highest BCUT2D eigenvalue weighted by molar-refractivity contribution is 5.93. The van der Waals surface area contributed by atoms with Crippen LogP contribution in [0.15, 0.2) is 66.8 Å². The monoisotopic (exact) mass is 604 g/mol. The van der Waals surface area contributed by atoms with Crippen molar-refractivity contribution in [3.8, 4) is 0 Å². The lowest BCUT2D eigenvalue weighted by Crippen LogP contribution is -2.48. The van der Waals surface area contributed by atoms with Gasteiger partial charge in [0, 0.05) is 31.7 Å². The minimum absolute atomic E-state index is 0.00656. The number of Topliss-reactive ketones (excluding diaryl/α,β-unsaturated/α-hetero) is 1. The molecule has 0 saturated carbocycles. The second-order valence-corrected chi connectivity index (χ2v) is 12.0. The van der Waals surface area contributed by atoms with Crippen molar-refractivity contribution in [3.05, 3.63) is 89.0 Å². The van der Waals surface area contributed by atoms with Gasteiger partial charge in [-0.25, -0.2) is 0 Å². The summed E-state index contributed by atoms with van der Waals surface area (Å²) >= 11 is 0. The fourth-order valence-corrected chi connectivity index (χ4v) is 4.75. The molecule has 238 valence electrons. The van der Waals surface area contributed by atoms with Crippen LogP contribution in [0.2, 0.25) is 0 Å². The van der Waals surface area contributed by atoms with E-state index in [0.717, 1.165) is 22.3 Å². The van der Waals surface area contributed by atoms with Crippen LogP contribution in [0.1, 0.15) is 68.7 Å². The van der Waals surface area contributed by atoms with Gasteiger partial charge in [0.2, 0.25) is 11.8 Å². The number of carboxylic acids is 1. The molecule has 44 heavy (non-hydrogen) atoms. The molecule has 2 aromatic carbocycles. The number of rotatable bonds is 18. The van der Waals surface area contributed by atoms with Crippen LogP contribution in [0.3, 0.4) is 0 Å². The summed E-state index contributed by atoms with van der Waals surface area (Å²) in [6, 6.07) is 14.7. The Hall–Kier alpha value is -4.04. The summed E-state index contributed by atoms with van der Waals surface area (Å²) in [7, 11) is 0. The highest BCUT2D eigenvalue weighted by Crippen LogP contribution is 2.17. The summed E-state index contributed by atoms with van der Waals surface area (Å²) in [4.78, 5) is 49.9. The van der Waals surface area contributed by atoms with Gasteiger partial charge in [0.25, 0.3) is 0 Å². The molecular weight excluding hydrogens is 556 g/mol. The Morgan fingerprint density at radius 2 is 1.66 bits per heavy atom. The molecule has 0 bridgehead atoms. The van der Waals surface area contributed by atoms with Crippen molar-refractivity contribution >= 4 is 29.6 Å². The summed E-state index contributed by atoms with van der Waals surface area (Å²) < 4.78 is 0. The van der Waals surface area contributed by atoms with E-state index in [1.165, 1.54) is 6.08 Å². The van der Waals surface area contributed by atoms with Crippen LogP contribution in [-0.2, 0) is 25.6 Å². The normalized spacial score (nSPS) is 14.3. The summed E-state index contributed by atoms with van der Waals surface area (Å²) in [5.41, 5.74) is 4.09. The second kappa shape index (κ2) is 18.6. The average Bonchev–Trinajstić information content (AvgIpc) is 2.97. The molecule has 0 unspecified atom stereocenters. The van der Waals surface area contributed by atoms with Crippen molar-refractivity contribution in [2.75, 3.05) is 6.54 Å².